The smallest absolute Gasteiger partial charge is 0.407 e. The molecule has 0 aromatic carbocycles. The molecule has 1 amide bonds. The number of hydrogen-bond acceptors (Lipinski definition) is 22. The number of carbonyl (C=O) groups is 5. The number of allylic oxidation sites excluding steroid dienone is 3. The van der Waals surface area contributed by atoms with Crippen molar-refractivity contribution in [3.8, 4) is 0 Å². The van der Waals surface area contributed by atoms with E-state index in [0.717, 1.165) is 7.11 Å². The molecule has 5 saturated heterocycles. The third kappa shape index (κ3) is 12.3. The van der Waals surface area contributed by atoms with Gasteiger partial charge in [0.05, 0.1) is 87.1 Å². The third-order valence-electron chi connectivity index (χ3n) is 19.9. The molecule has 0 aromatic heterocycles. The number of nitrogens with zero attached hydrogens (tertiary/aromatic N) is 1. The Morgan fingerprint density at radius 2 is 1.52 bits per heavy atom. The molecule has 4 aliphatic carbocycles. The number of rotatable bonds is 12. The van der Waals surface area contributed by atoms with E-state index in [2.05, 4.69) is 25.2 Å². The van der Waals surface area contributed by atoms with E-state index in [1.807, 2.05) is 32.9 Å². The predicted molar refractivity (Wildman–Crippen MR) is 297 cm³/mol. The lowest BCUT2D eigenvalue weighted by molar-refractivity contribution is -0.584. The first kappa shape index (κ1) is 64.5. The van der Waals surface area contributed by atoms with E-state index < -0.39 is 185 Å². The van der Waals surface area contributed by atoms with Crippen molar-refractivity contribution in [2.75, 3.05) is 13.7 Å². The van der Waals surface area contributed by atoms with Gasteiger partial charge in [-0.3, -0.25) is 24.5 Å². The van der Waals surface area contributed by atoms with E-state index in [9.17, 15) is 49.7 Å². The molecule has 24 nitrogen and oxygen atoms in total. The number of methoxy groups -OCH3 is 1. The van der Waals surface area contributed by atoms with Gasteiger partial charge in [0.1, 0.15) is 35.9 Å². The number of Topliss-reactive ketones (excluding diaryl/α,β-unsaturated/α-hetero) is 1. The van der Waals surface area contributed by atoms with Crippen LogP contribution in [0.2, 0.25) is 0 Å². The number of fused-ring (bicyclic) bond motifs is 4. The molecule has 9 unspecified atom stereocenters. The van der Waals surface area contributed by atoms with E-state index in [1.54, 1.807) is 33.8 Å². The van der Waals surface area contributed by atoms with Crippen LogP contribution in [0.15, 0.2) is 58.4 Å². The lowest BCUT2D eigenvalue weighted by Gasteiger charge is -2.56. The highest BCUT2D eigenvalue weighted by Crippen LogP contribution is 2.61. The normalized spacial score (nSPS) is 46.4. The summed E-state index contributed by atoms with van der Waals surface area (Å²) < 4.78 is 68.6. The largest absolute Gasteiger partial charge is 0.511 e. The molecule has 5 N–H and O–H groups in total. The number of aliphatic hydroxyl groups excluding tert-OH is 4. The maximum absolute atomic E-state index is 15.5. The zero-order valence-electron chi connectivity index (χ0n) is 50.5. The van der Waals surface area contributed by atoms with E-state index in [4.69, 9.17) is 52.1 Å². The van der Waals surface area contributed by atoms with Gasteiger partial charge >= 0.3 is 18.0 Å². The molecule has 85 heavy (non-hydrogen) atoms. The molecule has 5 aliphatic heterocycles. The highest BCUT2D eigenvalue weighted by Gasteiger charge is 2.65. The number of esters is 2. The highest BCUT2D eigenvalue weighted by atomic mass is 16.7. The van der Waals surface area contributed by atoms with Crippen LogP contribution < -0.4 is 5.32 Å². The summed E-state index contributed by atoms with van der Waals surface area (Å²) in [4.78, 5) is 80.2. The number of nitro groups is 1. The van der Waals surface area contributed by atoms with E-state index in [-0.39, 0.29) is 55.8 Å². The molecule has 0 radical (unpaired) electrons. The Hall–Kier alpha value is -4.99. The first-order valence-corrected chi connectivity index (χ1v) is 29.9. The molecular weight excluding hydrogens is 1110 g/mol. The second kappa shape index (κ2) is 25.2. The predicted octanol–water partition coefficient (Wildman–Crippen LogP) is 5.10. The van der Waals surface area contributed by atoms with Crippen molar-refractivity contribution >= 4 is 30.1 Å². The summed E-state index contributed by atoms with van der Waals surface area (Å²) in [6.45, 7) is 19.3. The number of amides is 1. The fraction of sp³-hybridized carbons (Fsp3) is 0.754. The Balaban J connectivity index is 1.05. The topological polar surface area (TPSA) is 323 Å². The molecule has 5 heterocycles. The molecule has 1 saturated carbocycles. The molecule has 472 valence electrons. The zero-order valence-corrected chi connectivity index (χ0v) is 50.5. The van der Waals surface area contributed by atoms with Crippen LogP contribution >= 0.6 is 0 Å². The second-order valence-corrected chi connectivity index (χ2v) is 25.7. The Morgan fingerprint density at radius 1 is 0.824 bits per heavy atom. The van der Waals surface area contributed by atoms with Crippen molar-refractivity contribution < 1.29 is 101 Å². The number of nitrogens with one attached hydrogen (secondary N) is 1. The maximum Gasteiger partial charge on any atom is 0.407 e. The Kier molecular flexibility index (Phi) is 19.2. The van der Waals surface area contributed by atoms with Gasteiger partial charge in [-0.25, -0.2) is 9.59 Å². The maximum atomic E-state index is 15.5. The molecule has 0 aromatic rings. The van der Waals surface area contributed by atoms with Gasteiger partial charge in [-0.05, 0) is 89.4 Å². The van der Waals surface area contributed by atoms with Crippen LogP contribution in [0.1, 0.15) is 121 Å². The summed E-state index contributed by atoms with van der Waals surface area (Å²) in [5, 5.41) is 61.3. The van der Waals surface area contributed by atoms with Crippen LogP contribution in [0.4, 0.5) is 4.79 Å². The van der Waals surface area contributed by atoms with Crippen molar-refractivity contribution in [3.63, 3.8) is 0 Å². The Bertz CT molecular complexity index is 2720. The average molecular weight is 1200 g/mol. The first-order chi connectivity index (χ1) is 40.0. The summed E-state index contributed by atoms with van der Waals surface area (Å²) in [5.41, 5.74) is -4.89. The molecule has 2 bridgehead atoms. The van der Waals surface area contributed by atoms with Gasteiger partial charge in [0, 0.05) is 61.7 Å². The molecular formula is C61H86N2O22. The van der Waals surface area contributed by atoms with E-state index >= 15 is 4.79 Å². The van der Waals surface area contributed by atoms with Crippen LogP contribution in [-0.4, -0.2) is 185 Å². The standard InChI is InChI=1S/C61H86N2O22/c1-27-13-16-43(82-48-24-59(10,63(73)74)54(34(8)79-48)62-58(72)75-12)28(2)18-40-41(66)19-36(25-64)23-61(40)56(70)49(57(71)85-61)55(69)60(11)39(27)15-14-38-50(60)29(3)17-30(4)52(38)84-47-22-45(53(33(7)78-47)80-35(9)65)81-37-20-44(31(5)76-26-37)83-46-21-42(67)51(68)32(6)77-46/h13-15,18-19,25,29-34,37-48,50-54,66-69H,16-17,20-24,26H2,1-12H3,(H,62,72)/b27-13-,28-18?,55-49?/t29-,30-,31?,32?,33-,34+,37?,38-,39-,40+,41-,42?,43-,44?,45+,46?,47-,48-,50+,51?,52?,53-,54-,59-,60+,61?/m0/s1. The van der Waals surface area contributed by atoms with Gasteiger partial charge in [0.2, 0.25) is 11.3 Å². The van der Waals surface area contributed by atoms with E-state index in [0.29, 0.717) is 30.3 Å². The van der Waals surface area contributed by atoms with Crippen LogP contribution in [0.25, 0.3) is 0 Å². The van der Waals surface area contributed by atoms with Gasteiger partial charge in [0.15, 0.2) is 30.6 Å². The van der Waals surface area contributed by atoms with Crippen LogP contribution in [0.5, 0.6) is 0 Å². The fourth-order valence-electron chi connectivity index (χ4n) is 15.5. The minimum Gasteiger partial charge on any atom is -0.511 e. The second-order valence-electron chi connectivity index (χ2n) is 25.7. The highest BCUT2D eigenvalue weighted by molar-refractivity contribution is 6.26. The van der Waals surface area contributed by atoms with Gasteiger partial charge in [0.25, 0.3) is 0 Å². The summed E-state index contributed by atoms with van der Waals surface area (Å²) >= 11 is 0. The lowest BCUT2D eigenvalue weighted by Crippen LogP contribution is -2.65. The van der Waals surface area contributed by atoms with Crippen molar-refractivity contribution in [2.45, 2.75) is 237 Å². The monoisotopic (exact) mass is 1200 g/mol. The summed E-state index contributed by atoms with van der Waals surface area (Å²) in [6, 6.07) is -1.12. The van der Waals surface area contributed by atoms with Crippen LogP contribution in [-0.2, 0) is 71.3 Å². The SMILES string of the molecule is COC(=O)N[C@H]1[C@@H](C)O[C@@H](O[C@H]2C/C=C(/C)[C@@H]3C=C[C@@H]4C(O[C@H]5C[C@@H](OC6COC(C)C(OC7CC(O)C(O)C(C)O7)C6)[C@@H](OC(C)=O)[C@H](C)O5)[C@@H](C)C[C@H](C)[C@H]4[C@]3(C)C(O)=C3C(=O)OC4(CC(C=O)=C[C@H](O)[C@H]4C=C2C)C3=O)C[C@]1(C)[N+](=O)[O-]. The van der Waals surface area contributed by atoms with Crippen molar-refractivity contribution in [2.24, 2.45) is 40.9 Å². The Morgan fingerprint density at radius 3 is 2.19 bits per heavy atom. The Labute approximate surface area is 495 Å². The van der Waals surface area contributed by atoms with Gasteiger partial charge < -0.3 is 77.8 Å². The minimum atomic E-state index is -2.20. The van der Waals surface area contributed by atoms with E-state index in [1.165, 1.54) is 19.9 Å². The molecule has 24 heteroatoms. The van der Waals surface area contributed by atoms with Gasteiger partial charge in [-0.1, -0.05) is 50.6 Å². The number of alkyl carbamates (subject to hydrolysis) is 1. The van der Waals surface area contributed by atoms with Gasteiger partial charge in [-0.15, -0.1) is 0 Å². The molecule has 9 aliphatic rings. The summed E-state index contributed by atoms with van der Waals surface area (Å²) in [7, 11) is 1.15. The quantitative estimate of drug-likeness (QED) is 0.0323. The van der Waals surface area contributed by atoms with Crippen molar-refractivity contribution in [3.05, 3.63) is 68.5 Å². The first-order valence-electron chi connectivity index (χ1n) is 29.9. The average Bonchev–Trinajstić information content (AvgIpc) is 2.03. The van der Waals surface area contributed by atoms with Crippen molar-refractivity contribution in [1.82, 2.24) is 5.32 Å². The van der Waals surface area contributed by atoms with Crippen LogP contribution in [0, 0.1) is 51.0 Å². The number of ketones is 1. The minimum absolute atomic E-state index is 0.00104. The van der Waals surface area contributed by atoms with Crippen molar-refractivity contribution in [1.29, 1.82) is 0 Å². The third-order valence-corrected chi connectivity index (χ3v) is 19.9. The van der Waals surface area contributed by atoms with Crippen LogP contribution in [0.3, 0.4) is 0 Å². The van der Waals surface area contributed by atoms with Gasteiger partial charge in [-0.2, -0.15) is 0 Å². The molecule has 9 rings (SSSR count). The molecule has 6 fully saturated rings. The number of ether oxygens (including phenoxy) is 11. The lowest BCUT2D eigenvalue weighted by atomic mass is 9.49. The molecule has 26 atom stereocenters. The number of aldehydes is 1. The summed E-state index contributed by atoms with van der Waals surface area (Å²) in [6.07, 6.45) is -4.62. The fourth-order valence-corrected chi connectivity index (χ4v) is 15.5. The number of hydrogen-bond donors (Lipinski definition) is 5. The summed E-state index contributed by atoms with van der Waals surface area (Å²) in [5.74, 6) is -6.43. The zero-order chi connectivity index (χ0) is 61.9. The number of carbonyl (C=O) groups excluding carboxylic acids is 5. The molecule has 1 spiro atoms. The number of aliphatic hydroxyl groups is 4.